The van der Waals surface area contributed by atoms with Crippen molar-refractivity contribution >= 4 is 0 Å². The Morgan fingerprint density at radius 3 is 2.37 bits per heavy atom. The van der Waals surface area contributed by atoms with E-state index in [1.165, 1.54) is 44.9 Å². The second-order valence-electron chi connectivity index (χ2n) is 6.53. The Labute approximate surface area is 118 Å². The predicted octanol–water partition coefficient (Wildman–Crippen LogP) is 2.67. The Kier molecular flexibility index (Phi) is 6.11. The van der Waals surface area contributed by atoms with Gasteiger partial charge in [-0.2, -0.15) is 0 Å². The lowest BCUT2D eigenvalue weighted by Gasteiger charge is -2.34. The highest BCUT2D eigenvalue weighted by atomic mass is 16.5. The summed E-state index contributed by atoms with van der Waals surface area (Å²) in [5, 5.41) is 10.5. The summed E-state index contributed by atoms with van der Waals surface area (Å²) in [5.74, 6) is 1.39. The third kappa shape index (κ3) is 4.73. The molecule has 0 amide bonds. The van der Waals surface area contributed by atoms with Crippen molar-refractivity contribution < 1.29 is 9.84 Å². The lowest BCUT2D eigenvalue weighted by atomic mass is 9.85. The third-order valence-electron chi connectivity index (χ3n) is 5.08. The minimum absolute atomic E-state index is 0.140. The van der Waals surface area contributed by atoms with Crippen LogP contribution in [0.4, 0.5) is 0 Å². The van der Waals surface area contributed by atoms with E-state index < -0.39 is 0 Å². The summed E-state index contributed by atoms with van der Waals surface area (Å²) < 4.78 is 5.23. The number of aliphatic hydroxyl groups excluding tert-OH is 1. The maximum absolute atomic E-state index is 10.5. The Bertz CT molecular complexity index is 249. The maximum atomic E-state index is 10.5. The number of aliphatic hydroxyl groups is 1. The second kappa shape index (κ2) is 7.61. The Morgan fingerprint density at radius 1 is 1.11 bits per heavy atom. The smallest absolute Gasteiger partial charge is 0.0695 e. The van der Waals surface area contributed by atoms with Gasteiger partial charge >= 0.3 is 0 Å². The van der Waals surface area contributed by atoms with Crippen LogP contribution < -0.4 is 0 Å². The van der Waals surface area contributed by atoms with Gasteiger partial charge in [0, 0.05) is 26.2 Å². The average molecular weight is 269 g/mol. The first-order chi connectivity index (χ1) is 9.22. The van der Waals surface area contributed by atoms with Crippen LogP contribution in [-0.4, -0.2) is 49.0 Å². The molecule has 1 N–H and O–H groups in total. The van der Waals surface area contributed by atoms with Crippen molar-refractivity contribution in [3.05, 3.63) is 0 Å². The molecule has 0 bridgehead atoms. The van der Waals surface area contributed by atoms with E-state index in [4.69, 9.17) is 4.74 Å². The molecule has 0 radical (unpaired) electrons. The lowest BCUT2D eigenvalue weighted by molar-refractivity contribution is 0.0223. The molecule has 3 heteroatoms. The standard InChI is InChI=1S/C16H31NO2/c1-13(14-8-9-14)17(10-11-19-2)12-16(18)15-6-4-3-5-7-15/h13-16,18H,3-12H2,1-2H3. The summed E-state index contributed by atoms with van der Waals surface area (Å²) in [6.45, 7) is 4.89. The molecular formula is C16H31NO2. The summed E-state index contributed by atoms with van der Waals surface area (Å²) in [6, 6.07) is 0.605. The third-order valence-corrected chi connectivity index (χ3v) is 5.08. The Hall–Kier alpha value is -0.120. The summed E-state index contributed by atoms with van der Waals surface area (Å²) >= 11 is 0. The van der Waals surface area contributed by atoms with Gasteiger partial charge in [-0.15, -0.1) is 0 Å². The number of ether oxygens (including phenoxy) is 1. The molecule has 0 aromatic rings. The van der Waals surface area contributed by atoms with Gasteiger partial charge in [-0.25, -0.2) is 0 Å². The number of methoxy groups -OCH3 is 1. The first kappa shape index (κ1) is 15.3. The normalized spacial score (nSPS) is 24.6. The minimum atomic E-state index is -0.140. The van der Waals surface area contributed by atoms with E-state index in [0.29, 0.717) is 12.0 Å². The number of hydrogen-bond acceptors (Lipinski definition) is 3. The maximum Gasteiger partial charge on any atom is 0.0695 e. The van der Waals surface area contributed by atoms with Crippen LogP contribution in [0.3, 0.4) is 0 Å². The van der Waals surface area contributed by atoms with Gasteiger partial charge < -0.3 is 9.84 Å². The van der Waals surface area contributed by atoms with Gasteiger partial charge in [0.2, 0.25) is 0 Å². The van der Waals surface area contributed by atoms with E-state index in [2.05, 4.69) is 11.8 Å². The summed E-state index contributed by atoms with van der Waals surface area (Å²) in [6.07, 6.45) is 8.99. The number of rotatable bonds is 8. The molecule has 2 aliphatic rings. The molecule has 0 aromatic heterocycles. The van der Waals surface area contributed by atoms with Crippen LogP contribution in [0, 0.1) is 11.8 Å². The molecule has 0 saturated heterocycles. The van der Waals surface area contributed by atoms with Crippen LogP contribution in [0.2, 0.25) is 0 Å². The average Bonchev–Trinajstić information content (AvgIpc) is 3.28. The van der Waals surface area contributed by atoms with Crippen molar-refractivity contribution in [1.82, 2.24) is 4.90 Å². The quantitative estimate of drug-likeness (QED) is 0.735. The molecule has 0 aromatic carbocycles. The second-order valence-corrected chi connectivity index (χ2v) is 6.53. The van der Waals surface area contributed by atoms with Crippen molar-refractivity contribution in [3.63, 3.8) is 0 Å². The van der Waals surface area contributed by atoms with Crippen molar-refractivity contribution in [1.29, 1.82) is 0 Å². The molecule has 0 spiro atoms. The zero-order valence-corrected chi connectivity index (χ0v) is 12.7. The van der Waals surface area contributed by atoms with Gasteiger partial charge in [-0.05, 0) is 44.4 Å². The van der Waals surface area contributed by atoms with E-state index in [9.17, 15) is 5.11 Å². The SMILES string of the molecule is COCCN(CC(O)C1CCCCC1)C(C)C1CC1. The molecule has 3 nitrogen and oxygen atoms in total. The molecule has 0 aliphatic heterocycles. The molecule has 2 saturated carbocycles. The monoisotopic (exact) mass is 269 g/mol. The van der Waals surface area contributed by atoms with Crippen LogP contribution >= 0.6 is 0 Å². The Balaban J connectivity index is 1.82. The zero-order chi connectivity index (χ0) is 13.7. The number of hydrogen-bond donors (Lipinski definition) is 1. The predicted molar refractivity (Wildman–Crippen MR) is 78.2 cm³/mol. The van der Waals surface area contributed by atoms with Gasteiger partial charge in [-0.3, -0.25) is 4.90 Å². The van der Waals surface area contributed by atoms with E-state index in [1.807, 2.05) is 0 Å². The first-order valence-corrected chi connectivity index (χ1v) is 8.13. The minimum Gasteiger partial charge on any atom is -0.392 e. The molecule has 2 unspecified atom stereocenters. The number of nitrogens with zero attached hydrogens (tertiary/aromatic N) is 1. The van der Waals surface area contributed by atoms with Crippen LogP contribution in [-0.2, 0) is 4.74 Å². The fraction of sp³-hybridized carbons (Fsp3) is 1.00. The van der Waals surface area contributed by atoms with Crippen molar-refractivity contribution in [2.24, 2.45) is 11.8 Å². The topological polar surface area (TPSA) is 32.7 Å². The summed E-state index contributed by atoms with van der Waals surface area (Å²) in [5.41, 5.74) is 0. The fourth-order valence-corrected chi connectivity index (χ4v) is 3.45. The highest BCUT2D eigenvalue weighted by Gasteiger charge is 2.33. The van der Waals surface area contributed by atoms with E-state index in [0.717, 1.165) is 25.6 Å². The van der Waals surface area contributed by atoms with Crippen molar-refractivity contribution in [2.45, 2.75) is 64.0 Å². The highest BCUT2D eigenvalue weighted by Crippen LogP contribution is 2.35. The molecular weight excluding hydrogens is 238 g/mol. The van der Waals surface area contributed by atoms with Crippen molar-refractivity contribution in [3.8, 4) is 0 Å². The van der Waals surface area contributed by atoms with Gasteiger partial charge in [-0.1, -0.05) is 19.3 Å². The van der Waals surface area contributed by atoms with E-state index in [-0.39, 0.29) is 6.10 Å². The van der Waals surface area contributed by atoms with Crippen LogP contribution in [0.5, 0.6) is 0 Å². The van der Waals surface area contributed by atoms with E-state index >= 15 is 0 Å². The molecule has 19 heavy (non-hydrogen) atoms. The molecule has 2 atom stereocenters. The molecule has 2 rings (SSSR count). The van der Waals surface area contributed by atoms with Crippen molar-refractivity contribution in [2.75, 3.05) is 26.8 Å². The first-order valence-electron chi connectivity index (χ1n) is 8.13. The van der Waals surface area contributed by atoms with E-state index in [1.54, 1.807) is 7.11 Å². The Morgan fingerprint density at radius 2 is 1.79 bits per heavy atom. The van der Waals surface area contributed by atoms with Gasteiger partial charge in [0.15, 0.2) is 0 Å². The van der Waals surface area contributed by atoms with Crippen LogP contribution in [0.25, 0.3) is 0 Å². The van der Waals surface area contributed by atoms with Crippen LogP contribution in [0.15, 0.2) is 0 Å². The highest BCUT2D eigenvalue weighted by molar-refractivity contribution is 4.87. The zero-order valence-electron chi connectivity index (χ0n) is 12.7. The summed E-state index contributed by atoms with van der Waals surface area (Å²) in [7, 11) is 1.76. The lowest BCUT2D eigenvalue weighted by Crippen LogP contribution is -2.44. The van der Waals surface area contributed by atoms with Gasteiger partial charge in [0.25, 0.3) is 0 Å². The molecule has 112 valence electrons. The molecule has 2 fully saturated rings. The fourth-order valence-electron chi connectivity index (χ4n) is 3.45. The molecule has 2 aliphatic carbocycles. The summed E-state index contributed by atoms with van der Waals surface area (Å²) in [4.78, 5) is 2.46. The van der Waals surface area contributed by atoms with Gasteiger partial charge in [0.1, 0.15) is 0 Å². The van der Waals surface area contributed by atoms with Gasteiger partial charge in [0.05, 0.1) is 12.7 Å². The molecule has 0 heterocycles. The largest absolute Gasteiger partial charge is 0.392 e. The van der Waals surface area contributed by atoms with Crippen LogP contribution in [0.1, 0.15) is 51.9 Å².